The number of hydrogen-bond acceptors (Lipinski definition) is 5. The highest BCUT2D eigenvalue weighted by atomic mass is 16.5. The molecule has 8 nitrogen and oxygen atoms in total. The third-order valence-corrected chi connectivity index (χ3v) is 6.85. The molecule has 1 aliphatic carbocycles. The van der Waals surface area contributed by atoms with Crippen molar-refractivity contribution in [3.63, 3.8) is 0 Å². The van der Waals surface area contributed by atoms with Crippen LogP contribution in [0.25, 0.3) is 28.0 Å². The fourth-order valence-corrected chi connectivity index (χ4v) is 4.94. The van der Waals surface area contributed by atoms with Gasteiger partial charge < -0.3 is 4.74 Å². The molecule has 0 unspecified atom stereocenters. The van der Waals surface area contributed by atoms with E-state index in [2.05, 4.69) is 40.1 Å². The van der Waals surface area contributed by atoms with Gasteiger partial charge in [0.25, 0.3) is 0 Å². The minimum atomic E-state index is 0.467. The summed E-state index contributed by atoms with van der Waals surface area (Å²) < 4.78 is 11.2. The van der Waals surface area contributed by atoms with Crippen molar-refractivity contribution in [1.82, 2.24) is 34.2 Å². The van der Waals surface area contributed by atoms with Crippen LogP contribution in [0, 0.1) is 5.92 Å². The van der Waals surface area contributed by atoms with Gasteiger partial charge in [0, 0.05) is 23.5 Å². The first-order valence-electron chi connectivity index (χ1n) is 11.7. The van der Waals surface area contributed by atoms with E-state index in [0.717, 1.165) is 39.3 Å². The molecule has 0 spiro atoms. The van der Waals surface area contributed by atoms with Gasteiger partial charge in [-0.1, -0.05) is 25.5 Å². The van der Waals surface area contributed by atoms with Gasteiger partial charge in [-0.15, -0.1) is 0 Å². The topological polar surface area (TPSA) is 75.1 Å². The molecule has 0 aliphatic heterocycles. The van der Waals surface area contributed by atoms with Gasteiger partial charge in [-0.2, -0.15) is 15.3 Å². The highest BCUT2D eigenvalue weighted by Crippen LogP contribution is 2.36. The van der Waals surface area contributed by atoms with Crippen LogP contribution in [0.4, 0.5) is 0 Å². The number of methoxy groups -OCH3 is 1. The van der Waals surface area contributed by atoms with Crippen molar-refractivity contribution >= 4 is 5.52 Å². The predicted octanol–water partition coefficient (Wildman–Crippen LogP) is 4.87. The standard InChI is InChI=1S/C26H27N7O/c1-18-4-3-5-24(18)32-16-21(13-29-32)26-25-10-11-27-33(25)17-23(30-26)20-12-28-31(15-20)14-19-6-8-22(34-2)9-7-19/h6-13,15-18,24H,3-5,14H2,1-2H3/t18-,24+/m1/s1. The highest BCUT2D eigenvalue weighted by molar-refractivity contribution is 5.78. The van der Waals surface area contributed by atoms with Crippen molar-refractivity contribution in [3.8, 4) is 28.3 Å². The SMILES string of the molecule is COc1ccc(Cn2cc(-c3cn4nccc4c(-c4cnn([C@H]5CCC[C@H]5C)c4)n3)cn2)cc1. The van der Waals surface area contributed by atoms with Crippen LogP contribution in [0.15, 0.2) is 67.5 Å². The Morgan fingerprint density at radius 1 is 0.941 bits per heavy atom. The largest absolute Gasteiger partial charge is 0.497 e. The molecule has 4 heterocycles. The fraction of sp³-hybridized carbons (Fsp3) is 0.308. The van der Waals surface area contributed by atoms with Crippen LogP contribution in [0.3, 0.4) is 0 Å². The number of fused-ring (bicyclic) bond motifs is 1. The molecule has 0 radical (unpaired) electrons. The van der Waals surface area contributed by atoms with Crippen molar-refractivity contribution in [2.45, 2.75) is 38.8 Å². The maximum Gasteiger partial charge on any atom is 0.118 e. The molecule has 6 rings (SSSR count). The average Bonchev–Trinajstić information content (AvgIpc) is 3.65. The summed E-state index contributed by atoms with van der Waals surface area (Å²) in [4.78, 5) is 5.03. The molecular formula is C26H27N7O. The van der Waals surface area contributed by atoms with E-state index >= 15 is 0 Å². The Balaban J connectivity index is 1.32. The summed E-state index contributed by atoms with van der Waals surface area (Å²) in [6, 6.07) is 10.5. The smallest absolute Gasteiger partial charge is 0.118 e. The number of aromatic nitrogens is 7. The van der Waals surface area contributed by atoms with Gasteiger partial charge in [0.1, 0.15) is 5.75 Å². The van der Waals surface area contributed by atoms with E-state index in [9.17, 15) is 0 Å². The van der Waals surface area contributed by atoms with Gasteiger partial charge in [-0.25, -0.2) is 9.50 Å². The summed E-state index contributed by atoms with van der Waals surface area (Å²) in [5, 5.41) is 13.8. The predicted molar refractivity (Wildman–Crippen MR) is 130 cm³/mol. The summed E-state index contributed by atoms with van der Waals surface area (Å²) in [6.45, 7) is 2.99. The maximum absolute atomic E-state index is 5.25. The molecule has 1 fully saturated rings. The molecule has 0 saturated heterocycles. The van der Waals surface area contributed by atoms with Crippen molar-refractivity contribution < 1.29 is 4.74 Å². The van der Waals surface area contributed by atoms with E-state index in [1.54, 1.807) is 13.3 Å². The van der Waals surface area contributed by atoms with E-state index < -0.39 is 0 Å². The number of benzene rings is 1. The van der Waals surface area contributed by atoms with E-state index in [4.69, 9.17) is 14.8 Å². The zero-order valence-corrected chi connectivity index (χ0v) is 19.4. The zero-order chi connectivity index (χ0) is 23.1. The molecule has 34 heavy (non-hydrogen) atoms. The molecule has 8 heteroatoms. The molecule has 5 aromatic rings. The van der Waals surface area contributed by atoms with Crippen LogP contribution >= 0.6 is 0 Å². The lowest BCUT2D eigenvalue weighted by atomic mass is 10.1. The second kappa shape index (κ2) is 8.44. The van der Waals surface area contributed by atoms with E-state index in [0.29, 0.717) is 18.5 Å². The molecule has 2 atom stereocenters. The lowest BCUT2D eigenvalue weighted by Gasteiger charge is -2.15. The Morgan fingerprint density at radius 2 is 1.79 bits per heavy atom. The van der Waals surface area contributed by atoms with E-state index in [1.165, 1.54) is 19.3 Å². The summed E-state index contributed by atoms with van der Waals surface area (Å²) >= 11 is 0. The minimum Gasteiger partial charge on any atom is -0.497 e. The summed E-state index contributed by atoms with van der Waals surface area (Å²) in [7, 11) is 1.67. The quantitative estimate of drug-likeness (QED) is 0.367. The molecule has 0 amide bonds. The first-order valence-corrected chi connectivity index (χ1v) is 11.7. The van der Waals surface area contributed by atoms with Crippen molar-refractivity contribution in [1.29, 1.82) is 0 Å². The highest BCUT2D eigenvalue weighted by Gasteiger charge is 2.26. The van der Waals surface area contributed by atoms with Crippen molar-refractivity contribution in [2.75, 3.05) is 7.11 Å². The van der Waals surface area contributed by atoms with Crippen LogP contribution in [0.2, 0.25) is 0 Å². The molecular weight excluding hydrogens is 426 g/mol. The Labute approximate surface area is 197 Å². The van der Waals surface area contributed by atoms with E-state index in [-0.39, 0.29) is 0 Å². The van der Waals surface area contributed by atoms with E-state index in [1.807, 2.05) is 52.2 Å². The van der Waals surface area contributed by atoms with Crippen molar-refractivity contribution in [2.24, 2.45) is 5.92 Å². The molecule has 4 aromatic heterocycles. The Bertz CT molecular complexity index is 1430. The lowest BCUT2D eigenvalue weighted by Crippen LogP contribution is -2.11. The van der Waals surface area contributed by atoms with Gasteiger partial charge >= 0.3 is 0 Å². The summed E-state index contributed by atoms with van der Waals surface area (Å²) in [6.07, 6.45) is 15.4. The third kappa shape index (κ3) is 3.75. The van der Waals surface area contributed by atoms with Gasteiger partial charge in [0.15, 0.2) is 0 Å². The molecule has 1 aromatic carbocycles. The number of rotatable bonds is 6. The molecule has 0 N–H and O–H groups in total. The number of nitrogens with zero attached hydrogens (tertiary/aromatic N) is 7. The molecule has 1 aliphatic rings. The molecule has 0 bridgehead atoms. The minimum absolute atomic E-state index is 0.467. The maximum atomic E-state index is 5.25. The average molecular weight is 454 g/mol. The number of ether oxygens (including phenoxy) is 1. The van der Waals surface area contributed by atoms with Gasteiger partial charge in [-0.3, -0.25) is 9.36 Å². The summed E-state index contributed by atoms with van der Waals surface area (Å²) in [5.74, 6) is 1.50. The second-order valence-corrected chi connectivity index (χ2v) is 9.09. The molecule has 172 valence electrons. The monoisotopic (exact) mass is 453 g/mol. The third-order valence-electron chi connectivity index (χ3n) is 6.85. The lowest BCUT2D eigenvalue weighted by molar-refractivity contribution is 0.375. The molecule has 1 saturated carbocycles. The van der Waals surface area contributed by atoms with Crippen molar-refractivity contribution in [3.05, 3.63) is 73.1 Å². The van der Waals surface area contributed by atoms with Gasteiger partial charge in [0.2, 0.25) is 0 Å². The Kier molecular flexibility index (Phi) is 5.13. The van der Waals surface area contributed by atoms with Crippen LogP contribution < -0.4 is 4.74 Å². The zero-order valence-electron chi connectivity index (χ0n) is 19.4. The van der Waals surface area contributed by atoms with Gasteiger partial charge in [-0.05, 0) is 42.5 Å². The Hall–Kier alpha value is -3.94. The number of hydrogen-bond donors (Lipinski definition) is 0. The fourth-order valence-electron chi connectivity index (χ4n) is 4.94. The van der Waals surface area contributed by atoms with Crippen LogP contribution in [-0.2, 0) is 6.54 Å². The van der Waals surface area contributed by atoms with Crippen LogP contribution in [0.1, 0.15) is 37.8 Å². The Morgan fingerprint density at radius 3 is 2.59 bits per heavy atom. The summed E-state index contributed by atoms with van der Waals surface area (Å²) in [5.41, 5.74) is 5.79. The first-order chi connectivity index (χ1) is 16.7. The van der Waals surface area contributed by atoms with Gasteiger partial charge in [0.05, 0.1) is 61.4 Å². The van der Waals surface area contributed by atoms with Crippen LogP contribution in [-0.4, -0.2) is 41.3 Å². The normalized spacial score (nSPS) is 18.1. The van der Waals surface area contributed by atoms with Crippen LogP contribution in [0.5, 0.6) is 5.75 Å². The second-order valence-electron chi connectivity index (χ2n) is 9.09. The first kappa shape index (κ1) is 20.7.